The molecule has 0 aliphatic rings. The van der Waals surface area contributed by atoms with E-state index in [2.05, 4.69) is 56.4 Å². The molecule has 0 saturated heterocycles. The van der Waals surface area contributed by atoms with Gasteiger partial charge in [-0.05, 0) is 31.2 Å². The van der Waals surface area contributed by atoms with Crippen molar-refractivity contribution in [3.8, 4) is 0 Å². The average molecular weight is 281 g/mol. The Morgan fingerprint density at radius 2 is 1.79 bits per heavy atom. The molecule has 1 N–H and O–H groups in total. The highest BCUT2D eigenvalue weighted by Crippen LogP contribution is 2.22. The van der Waals surface area contributed by atoms with E-state index >= 15 is 0 Å². The van der Waals surface area contributed by atoms with E-state index in [0.29, 0.717) is 18.0 Å². The fourth-order valence-corrected chi connectivity index (χ4v) is 2.91. The van der Waals surface area contributed by atoms with Crippen LogP contribution in [0.3, 0.4) is 0 Å². The summed E-state index contributed by atoms with van der Waals surface area (Å²) in [6.07, 6.45) is 3.86. The van der Waals surface area contributed by atoms with Gasteiger partial charge >= 0.3 is 0 Å². The van der Waals surface area contributed by atoms with Gasteiger partial charge in [0.1, 0.15) is 0 Å². The minimum Gasteiger partial charge on any atom is -0.307 e. The number of hydrogen-bond acceptors (Lipinski definition) is 2. The lowest BCUT2D eigenvalue weighted by atomic mass is 9.96. The molecular formula is C16H27NOS. The molecule has 0 aliphatic carbocycles. The lowest BCUT2D eigenvalue weighted by molar-refractivity contribution is 0.385. The van der Waals surface area contributed by atoms with E-state index in [1.54, 1.807) is 6.26 Å². The van der Waals surface area contributed by atoms with Crippen molar-refractivity contribution in [3.63, 3.8) is 0 Å². The summed E-state index contributed by atoms with van der Waals surface area (Å²) in [5, 5.41) is 3.69. The number of rotatable bonds is 8. The molecule has 3 heteroatoms. The van der Waals surface area contributed by atoms with E-state index in [0.717, 1.165) is 18.6 Å². The molecule has 1 aromatic carbocycles. The lowest BCUT2D eigenvalue weighted by Crippen LogP contribution is -2.32. The summed E-state index contributed by atoms with van der Waals surface area (Å²) < 4.78 is 11.2. The molecule has 3 atom stereocenters. The van der Waals surface area contributed by atoms with Gasteiger partial charge in [0.05, 0.1) is 0 Å². The van der Waals surface area contributed by atoms with Crippen molar-refractivity contribution in [1.82, 2.24) is 5.32 Å². The molecule has 0 radical (unpaired) electrons. The maximum Gasteiger partial charge on any atom is 0.0324 e. The Morgan fingerprint density at radius 1 is 1.16 bits per heavy atom. The van der Waals surface area contributed by atoms with Crippen LogP contribution in [0.25, 0.3) is 0 Å². The van der Waals surface area contributed by atoms with Gasteiger partial charge in [0.15, 0.2) is 0 Å². The standard InChI is InChI=1S/C16H27NOS/c1-13(2)12-16(15-8-6-5-7-9-15)17-14(3)10-11-19(4)18/h5-9,13-14,16-17H,10-12H2,1-4H3. The molecule has 1 rings (SSSR count). The van der Waals surface area contributed by atoms with E-state index in [9.17, 15) is 4.21 Å². The van der Waals surface area contributed by atoms with Crippen LogP contribution in [0.15, 0.2) is 30.3 Å². The van der Waals surface area contributed by atoms with Gasteiger partial charge in [0.2, 0.25) is 0 Å². The zero-order chi connectivity index (χ0) is 14.3. The van der Waals surface area contributed by atoms with Crippen LogP contribution >= 0.6 is 0 Å². The third kappa shape index (κ3) is 6.88. The summed E-state index contributed by atoms with van der Waals surface area (Å²) in [7, 11) is -0.696. The van der Waals surface area contributed by atoms with Crippen molar-refractivity contribution in [2.24, 2.45) is 5.92 Å². The highest BCUT2D eigenvalue weighted by Gasteiger charge is 2.15. The van der Waals surface area contributed by atoms with Gasteiger partial charge in [-0.25, -0.2) is 0 Å². The van der Waals surface area contributed by atoms with Crippen LogP contribution in [-0.2, 0) is 10.8 Å². The first-order valence-corrected chi connectivity index (χ1v) is 8.82. The summed E-state index contributed by atoms with van der Waals surface area (Å²) in [5.41, 5.74) is 1.35. The molecule has 0 saturated carbocycles. The van der Waals surface area contributed by atoms with Gasteiger partial charge in [-0.15, -0.1) is 0 Å². The predicted molar refractivity (Wildman–Crippen MR) is 84.8 cm³/mol. The van der Waals surface area contributed by atoms with Gasteiger partial charge in [-0.3, -0.25) is 4.21 Å². The molecule has 0 fully saturated rings. The highest BCUT2D eigenvalue weighted by atomic mass is 32.2. The smallest absolute Gasteiger partial charge is 0.0324 e. The molecule has 108 valence electrons. The Hall–Kier alpha value is -0.670. The quantitative estimate of drug-likeness (QED) is 0.790. The molecule has 0 spiro atoms. The Balaban J connectivity index is 2.62. The van der Waals surface area contributed by atoms with Crippen LogP contribution in [-0.4, -0.2) is 22.3 Å². The van der Waals surface area contributed by atoms with E-state index in [1.165, 1.54) is 5.56 Å². The monoisotopic (exact) mass is 281 g/mol. The molecular weight excluding hydrogens is 254 g/mol. The average Bonchev–Trinajstić information content (AvgIpc) is 2.36. The van der Waals surface area contributed by atoms with Crippen molar-refractivity contribution in [2.75, 3.05) is 12.0 Å². The van der Waals surface area contributed by atoms with Gasteiger partial charge in [0, 0.05) is 34.9 Å². The molecule has 3 unspecified atom stereocenters. The molecule has 2 nitrogen and oxygen atoms in total. The van der Waals surface area contributed by atoms with Crippen LogP contribution in [0.5, 0.6) is 0 Å². The fraction of sp³-hybridized carbons (Fsp3) is 0.625. The maximum absolute atomic E-state index is 11.2. The highest BCUT2D eigenvalue weighted by molar-refractivity contribution is 7.84. The summed E-state index contributed by atoms with van der Waals surface area (Å²) in [6, 6.07) is 11.4. The Kier molecular flexibility index (Phi) is 7.32. The summed E-state index contributed by atoms with van der Waals surface area (Å²) in [6.45, 7) is 6.69. The van der Waals surface area contributed by atoms with Crippen LogP contribution in [0.4, 0.5) is 0 Å². The van der Waals surface area contributed by atoms with Crippen molar-refractivity contribution >= 4 is 10.8 Å². The first-order valence-electron chi connectivity index (χ1n) is 7.10. The molecule has 0 amide bonds. The molecule has 0 bridgehead atoms. The van der Waals surface area contributed by atoms with Crippen LogP contribution in [0, 0.1) is 5.92 Å². The molecule has 0 aliphatic heterocycles. The van der Waals surface area contributed by atoms with Crippen molar-refractivity contribution in [1.29, 1.82) is 0 Å². The van der Waals surface area contributed by atoms with Gasteiger partial charge < -0.3 is 5.32 Å². The minimum atomic E-state index is -0.696. The zero-order valence-corrected chi connectivity index (χ0v) is 13.4. The predicted octanol–water partition coefficient (Wildman–Crippen LogP) is 3.52. The Bertz CT molecular complexity index is 378. The van der Waals surface area contributed by atoms with Gasteiger partial charge in [-0.2, -0.15) is 0 Å². The summed E-state index contributed by atoms with van der Waals surface area (Å²) in [5.74, 6) is 1.43. The zero-order valence-electron chi connectivity index (χ0n) is 12.6. The van der Waals surface area contributed by atoms with Crippen LogP contribution in [0.1, 0.15) is 45.2 Å². The SMILES string of the molecule is CC(C)CC(NC(C)CCS(C)=O)c1ccccc1. The van der Waals surface area contributed by atoms with E-state index in [-0.39, 0.29) is 0 Å². The minimum absolute atomic E-state index is 0.390. The second-order valence-corrected chi connectivity index (χ2v) is 7.28. The van der Waals surface area contributed by atoms with E-state index < -0.39 is 10.8 Å². The second-order valence-electron chi connectivity index (χ2n) is 5.73. The summed E-state index contributed by atoms with van der Waals surface area (Å²) in [4.78, 5) is 0. The normalized spacial score (nSPS) is 16.3. The second kappa shape index (κ2) is 8.49. The van der Waals surface area contributed by atoms with Crippen molar-refractivity contribution in [2.45, 2.75) is 45.7 Å². The number of hydrogen-bond donors (Lipinski definition) is 1. The molecule has 0 aromatic heterocycles. The third-order valence-corrected chi connectivity index (χ3v) is 4.04. The largest absolute Gasteiger partial charge is 0.307 e. The topological polar surface area (TPSA) is 29.1 Å². The molecule has 1 aromatic rings. The Morgan fingerprint density at radius 3 is 2.32 bits per heavy atom. The maximum atomic E-state index is 11.2. The summed E-state index contributed by atoms with van der Waals surface area (Å²) >= 11 is 0. The van der Waals surface area contributed by atoms with Crippen LogP contribution in [0.2, 0.25) is 0 Å². The van der Waals surface area contributed by atoms with Crippen molar-refractivity contribution < 1.29 is 4.21 Å². The van der Waals surface area contributed by atoms with Crippen molar-refractivity contribution in [3.05, 3.63) is 35.9 Å². The van der Waals surface area contributed by atoms with Gasteiger partial charge in [0.25, 0.3) is 0 Å². The third-order valence-electron chi connectivity index (χ3n) is 3.23. The number of benzene rings is 1. The van der Waals surface area contributed by atoms with Crippen LogP contribution < -0.4 is 5.32 Å². The number of nitrogens with one attached hydrogen (secondary N) is 1. The lowest BCUT2D eigenvalue weighted by Gasteiger charge is -2.25. The first kappa shape index (κ1) is 16.4. The fourth-order valence-electron chi connectivity index (χ4n) is 2.23. The van der Waals surface area contributed by atoms with E-state index in [1.807, 2.05) is 0 Å². The first-order chi connectivity index (χ1) is 8.99. The molecule has 0 heterocycles. The Labute approximate surface area is 120 Å². The van der Waals surface area contributed by atoms with Gasteiger partial charge in [-0.1, -0.05) is 44.2 Å². The molecule has 19 heavy (non-hydrogen) atoms. The van der Waals surface area contributed by atoms with E-state index in [4.69, 9.17) is 0 Å².